The van der Waals surface area contributed by atoms with Crippen molar-refractivity contribution in [1.82, 2.24) is 29.1 Å². The SMILES string of the molecule is Cc1cc(S(=O)N2CCC(CN(CC(F)F)C3CCN(c4cccc(N(C=O)C5CCC(=O)NC5=O)c4N(C)C)CC3)CC2)ccc1Nc1ncc2cc(Cl)c(=O)n(C3CCCC34CC4)c2n1. The van der Waals surface area contributed by atoms with Crippen molar-refractivity contribution in [2.24, 2.45) is 11.3 Å². The number of imide groups is 1. The summed E-state index contributed by atoms with van der Waals surface area (Å²) in [5, 5.41) is 6.55. The molecule has 3 unspecified atom stereocenters. The van der Waals surface area contributed by atoms with Gasteiger partial charge < -0.3 is 20.0 Å². The van der Waals surface area contributed by atoms with Crippen molar-refractivity contribution >= 4 is 80.5 Å². The number of hydrogen-bond donors (Lipinski definition) is 2. The van der Waals surface area contributed by atoms with E-state index >= 15 is 0 Å². The molecule has 2 N–H and O–H groups in total. The van der Waals surface area contributed by atoms with E-state index < -0.39 is 29.4 Å². The molecule has 5 heterocycles. The van der Waals surface area contributed by atoms with E-state index in [0.717, 1.165) is 67.6 Å². The minimum Gasteiger partial charge on any atom is -0.374 e. The zero-order chi connectivity index (χ0) is 47.1. The summed E-state index contributed by atoms with van der Waals surface area (Å²) >= 11 is 6.43. The van der Waals surface area contributed by atoms with Crippen LogP contribution in [-0.4, -0.2) is 118 Å². The number of carbonyl (C=O) groups excluding carboxylic acids is 3. The van der Waals surface area contributed by atoms with E-state index in [9.17, 15) is 32.2 Å². The maximum absolute atomic E-state index is 14.1. The summed E-state index contributed by atoms with van der Waals surface area (Å²) in [6.45, 7) is 4.56. The number of benzene rings is 2. The number of alkyl halides is 2. The number of rotatable bonds is 15. The summed E-state index contributed by atoms with van der Waals surface area (Å²) in [6.07, 6.45) is 8.37. The van der Waals surface area contributed by atoms with Crippen molar-refractivity contribution in [2.75, 3.05) is 73.4 Å². The van der Waals surface area contributed by atoms with Crippen LogP contribution in [0.3, 0.4) is 0 Å². The fourth-order valence-corrected chi connectivity index (χ4v) is 12.7. The smallest absolute Gasteiger partial charge is 0.271 e. The van der Waals surface area contributed by atoms with Crippen LogP contribution < -0.4 is 30.9 Å². The molecule has 0 bridgehead atoms. The fraction of sp³-hybridized carbons (Fsp3) is 0.542. The average Bonchev–Trinajstić information content (AvgIpc) is 3.99. The van der Waals surface area contributed by atoms with E-state index in [1.54, 1.807) is 22.9 Å². The summed E-state index contributed by atoms with van der Waals surface area (Å²) in [5.74, 6) is -0.332. The maximum atomic E-state index is 14.1. The molecule has 0 radical (unpaired) electrons. The third-order valence-electron chi connectivity index (χ3n) is 14.8. The number of anilines is 5. The lowest BCUT2D eigenvalue weighted by molar-refractivity contribution is -0.134. The monoisotopic (exact) mass is 960 g/mol. The quantitative estimate of drug-likeness (QED) is 0.0954. The Hall–Kier alpha value is -5.04. The first-order valence-electron chi connectivity index (χ1n) is 23.5. The Morgan fingerprint density at radius 2 is 1.76 bits per heavy atom. The molecular formula is C48H59ClF2N10O5S. The fourth-order valence-electron chi connectivity index (χ4n) is 11.2. The highest BCUT2D eigenvalue weighted by Gasteiger charge is 2.53. The van der Waals surface area contributed by atoms with Gasteiger partial charge in [-0.3, -0.25) is 34.0 Å². The molecule has 15 nitrogen and oxygen atoms in total. The molecule has 67 heavy (non-hydrogen) atoms. The van der Waals surface area contributed by atoms with Crippen LogP contribution in [0.1, 0.15) is 82.2 Å². The molecule has 1 spiro atoms. The van der Waals surface area contributed by atoms with E-state index in [0.29, 0.717) is 79.5 Å². The number of hydrogen-bond acceptors (Lipinski definition) is 11. The van der Waals surface area contributed by atoms with Gasteiger partial charge in [0.05, 0.1) is 28.5 Å². The van der Waals surface area contributed by atoms with Crippen LogP contribution in [-0.2, 0) is 25.4 Å². The average molecular weight is 962 g/mol. The molecular weight excluding hydrogens is 902 g/mol. The second-order valence-corrected chi connectivity index (χ2v) is 21.1. The molecule has 2 aromatic heterocycles. The van der Waals surface area contributed by atoms with Crippen LogP contribution in [0.4, 0.5) is 37.5 Å². The lowest BCUT2D eigenvalue weighted by Gasteiger charge is -2.43. The van der Waals surface area contributed by atoms with Gasteiger partial charge in [-0.25, -0.2) is 22.3 Å². The van der Waals surface area contributed by atoms with Crippen molar-refractivity contribution in [3.05, 3.63) is 69.6 Å². The number of nitrogens with zero attached hydrogens (tertiary/aromatic N) is 8. The van der Waals surface area contributed by atoms with Gasteiger partial charge in [0.25, 0.3) is 12.0 Å². The molecule has 3 amide bonds. The Balaban J connectivity index is 0.813. The standard InChI is InChI=1S/C48H59ClF2N10O5S/c1-30-24-34(9-10-36(30)53-47-52-26-32-25-35(49)46(65)61(44(32)55-47)40-8-5-17-48(40)18-19-48)67(66)59-22-13-31(14-23-59)27-58(28-41(50)51)33-15-20-57(21-16-33)37-6-4-7-38(43(37)56(2)3)60(29-62)39-11-12-42(63)54-45(39)64/h4,6-7,9-10,24-26,29,31,33,39-41H,5,8,11-23,27-28H2,1-3H3,(H,52,53,55)(H,54,63,64). The molecule has 2 aromatic carbocycles. The lowest BCUT2D eigenvalue weighted by Crippen LogP contribution is -2.52. The number of aryl methyl sites for hydroxylation is 1. The molecule has 4 aromatic rings. The number of fused-ring (bicyclic) bond motifs is 1. The molecule has 9 rings (SSSR count). The van der Waals surface area contributed by atoms with Gasteiger partial charge in [0, 0.05) is 82.6 Å². The van der Waals surface area contributed by atoms with E-state index in [1.165, 1.54) is 4.90 Å². The third kappa shape index (κ3) is 9.68. The Labute approximate surface area is 396 Å². The van der Waals surface area contributed by atoms with E-state index in [1.807, 2.05) is 65.5 Å². The van der Waals surface area contributed by atoms with Gasteiger partial charge in [-0.05, 0) is 118 Å². The van der Waals surface area contributed by atoms with Gasteiger partial charge in [0.15, 0.2) is 0 Å². The van der Waals surface area contributed by atoms with Crippen molar-refractivity contribution in [3.63, 3.8) is 0 Å². The molecule has 5 fully saturated rings. The zero-order valence-electron chi connectivity index (χ0n) is 38.3. The molecule has 3 aliphatic heterocycles. The van der Waals surface area contributed by atoms with E-state index in [-0.39, 0.29) is 59.3 Å². The van der Waals surface area contributed by atoms with Crippen molar-refractivity contribution in [1.29, 1.82) is 0 Å². The topological polar surface area (TPSA) is 156 Å². The van der Waals surface area contributed by atoms with Crippen LogP contribution in [0.15, 0.2) is 58.4 Å². The van der Waals surface area contributed by atoms with Gasteiger partial charge in [-0.15, -0.1) is 0 Å². The highest BCUT2D eigenvalue weighted by atomic mass is 35.5. The predicted molar refractivity (Wildman–Crippen MR) is 257 cm³/mol. The van der Waals surface area contributed by atoms with Crippen molar-refractivity contribution in [3.8, 4) is 0 Å². The number of halogens is 3. The Bertz CT molecular complexity index is 2620. The number of aromatic nitrogens is 3. The highest BCUT2D eigenvalue weighted by molar-refractivity contribution is 7.82. The van der Waals surface area contributed by atoms with Crippen LogP contribution in [0.25, 0.3) is 11.0 Å². The molecule has 3 saturated heterocycles. The minimum atomic E-state index is -2.48. The Morgan fingerprint density at radius 3 is 2.43 bits per heavy atom. The summed E-state index contributed by atoms with van der Waals surface area (Å²) in [4.78, 5) is 68.1. The summed E-state index contributed by atoms with van der Waals surface area (Å²) in [5.41, 5.74) is 4.33. The molecule has 358 valence electrons. The van der Waals surface area contributed by atoms with Gasteiger partial charge in [-0.1, -0.05) is 24.1 Å². The molecule has 2 aliphatic carbocycles. The van der Waals surface area contributed by atoms with Crippen molar-refractivity contribution < 1.29 is 27.4 Å². The number of para-hydroxylation sites is 1. The normalized spacial score (nSPS) is 21.9. The first kappa shape index (κ1) is 47.0. The molecule has 2 saturated carbocycles. The van der Waals surface area contributed by atoms with Gasteiger partial charge in [-0.2, -0.15) is 4.98 Å². The van der Waals surface area contributed by atoms with Crippen LogP contribution in [0, 0.1) is 18.3 Å². The predicted octanol–water partition coefficient (Wildman–Crippen LogP) is 6.81. The number of piperidine rings is 3. The maximum Gasteiger partial charge on any atom is 0.271 e. The molecule has 3 atom stereocenters. The van der Waals surface area contributed by atoms with Crippen LogP contribution >= 0.6 is 11.6 Å². The number of pyridine rings is 1. The van der Waals surface area contributed by atoms with E-state index in [4.69, 9.17) is 16.6 Å². The minimum absolute atomic E-state index is 0.0425. The third-order valence-corrected chi connectivity index (χ3v) is 16.6. The summed E-state index contributed by atoms with van der Waals surface area (Å²) in [7, 11) is 2.34. The van der Waals surface area contributed by atoms with Gasteiger partial charge in [0.1, 0.15) is 27.7 Å². The number of amides is 3. The second-order valence-electron chi connectivity index (χ2n) is 19.2. The van der Waals surface area contributed by atoms with Crippen LogP contribution in [0.5, 0.6) is 0 Å². The Morgan fingerprint density at radius 1 is 1.00 bits per heavy atom. The highest BCUT2D eigenvalue weighted by Crippen LogP contribution is 2.63. The molecule has 5 aliphatic rings. The first-order chi connectivity index (χ1) is 32.2. The van der Waals surface area contributed by atoms with Gasteiger partial charge >= 0.3 is 0 Å². The first-order valence-corrected chi connectivity index (χ1v) is 25.0. The van der Waals surface area contributed by atoms with E-state index in [2.05, 4.69) is 20.5 Å². The second kappa shape index (κ2) is 19.5. The summed E-state index contributed by atoms with van der Waals surface area (Å²) in [6, 6.07) is 12.1. The number of carbonyl (C=O) groups is 3. The largest absolute Gasteiger partial charge is 0.374 e. The van der Waals surface area contributed by atoms with Crippen LogP contribution in [0.2, 0.25) is 5.02 Å². The summed E-state index contributed by atoms with van der Waals surface area (Å²) < 4.78 is 46.0. The van der Waals surface area contributed by atoms with Crippen molar-refractivity contribution in [2.45, 2.75) is 107 Å². The zero-order valence-corrected chi connectivity index (χ0v) is 39.8. The number of nitrogens with one attached hydrogen (secondary N) is 2. The lowest BCUT2D eigenvalue weighted by atomic mass is 9.94. The molecule has 19 heteroatoms. The Kier molecular flexibility index (Phi) is 13.7. The van der Waals surface area contributed by atoms with Gasteiger partial charge in [0.2, 0.25) is 24.2 Å².